The molecule has 0 bridgehead atoms. The summed E-state index contributed by atoms with van der Waals surface area (Å²) in [6, 6.07) is 7.86. The van der Waals surface area contributed by atoms with Crippen molar-refractivity contribution in [3.8, 4) is 5.75 Å². The van der Waals surface area contributed by atoms with E-state index in [-0.39, 0.29) is 11.8 Å². The first-order valence-electron chi connectivity index (χ1n) is 6.36. The largest absolute Gasteiger partial charge is 0.492 e. The lowest BCUT2D eigenvalue weighted by molar-refractivity contribution is -0.132. The Hall–Kier alpha value is -1.03. The van der Waals surface area contributed by atoms with Crippen LogP contribution in [-0.4, -0.2) is 35.8 Å². The van der Waals surface area contributed by atoms with Crippen molar-refractivity contribution in [3.63, 3.8) is 0 Å². The molecule has 0 aromatic heterocycles. The van der Waals surface area contributed by atoms with Crippen molar-refractivity contribution < 1.29 is 9.53 Å². The van der Waals surface area contributed by atoms with Crippen LogP contribution in [0.5, 0.6) is 5.75 Å². The third-order valence-electron chi connectivity index (χ3n) is 3.81. The van der Waals surface area contributed by atoms with Crippen molar-refractivity contribution in [1.82, 2.24) is 4.90 Å². The molecule has 2 aliphatic heterocycles. The molecule has 1 aromatic rings. The monoisotopic (exact) mass is 309 g/mol. The standard InChI is InChI=1S/C14H16BrNO2/c15-7-10-5-6-16(8-10)14(17)12-9-18-13-4-2-1-3-11(12)13/h1-4,10,12H,5-9H2. The summed E-state index contributed by atoms with van der Waals surface area (Å²) in [4.78, 5) is 14.5. The molecule has 0 spiro atoms. The van der Waals surface area contributed by atoms with Crippen molar-refractivity contribution >= 4 is 21.8 Å². The van der Waals surface area contributed by atoms with Crippen LogP contribution < -0.4 is 4.74 Å². The second-order valence-electron chi connectivity index (χ2n) is 4.99. The van der Waals surface area contributed by atoms with Crippen molar-refractivity contribution in [3.05, 3.63) is 29.8 Å². The fraction of sp³-hybridized carbons (Fsp3) is 0.500. The molecule has 1 fully saturated rings. The van der Waals surface area contributed by atoms with E-state index in [0.29, 0.717) is 12.5 Å². The minimum atomic E-state index is -0.102. The molecule has 2 heterocycles. The van der Waals surface area contributed by atoms with Gasteiger partial charge in [-0.2, -0.15) is 0 Å². The summed E-state index contributed by atoms with van der Waals surface area (Å²) in [5, 5.41) is 0.981. The van der Waals surface area contributed by atoms with Crippen LogP contribution in [0, 0.1) is 5.92 Å². The molecule has 2 aliphatic rings. The first-order valence-corrected chi connectivity index (χ1v) is 7.48. The molecule has 2 unspecified atom stereocenters. The summed E-state index contributed by atoms with van der Waals surface area (Å²) in [7, 11) is 0. The summed E-state index contributed by atoms with van der Waals surface area (Å²) in [5.74, 6) is 1.59. The molecule has 18 heavy (non-hydrogen) atoms. The summed E-state index contributed by atoms with van der Waals surface area (Å²) < 4.78 is 5.59. The number of halogens is 1. The molecule has 3 rings (SSSR count). The van der Waals surface area contributed by atoms with E-state index in [1.165, 1.54) is 0 Å². The molecular weight excluding hydrogens is 294 g/mol. The van der Waals surface area contributed by atoms with E-state index in [9.17, 15) is 4.79 Å². The minimum absolute atomic E-state index is 0.102. The summed E-state index contributed by atoms with van der Waals surface area (Å²) >= 11 is 3.50. The van der Waals surface area contributed by atoms with Crippen molar-refractivity contribution in [2.45, 2.75) is 12.3 Å². The number of nitrogens with zero attached hydrogens (tertiary/aromatic N) is 1. The molecule has 0 N–H and O–H groups in total. The number of ether oxygens (including phenoxy) is 1. The molecule has 3 nitrogen and oxygen atoms in total. The number of likely N-dealkylation sites (tertiary alicyclic amines) is 1. The van der Waals surface area contributed by atoms with E-state index in [0.717, 1.165) is 36.2 Å². The molecule has 1 amide bonds. The Bertz CT molecular complexity index is 463. The molecule has 0 radical (unpaired) electrons. The topological polar surface area (TPSA) is 29.5 Å². The number of amides is 1. The van der Waals surface area contributed by atoms with E-state index in [2.05, 4.69) is 15.9 Å². The average Bonchev–Trinajstić information content (AvgIpc) is 3.04. The van der Waals surface area contributed by atoms with Gasteiger partial charge in [-0.25, -0.2) is 0 Å². The lowest BCUT2D eigenvalue weighted by Gasteiger charge is -2.19. The van der Waals surface area contributed by atoms with Crippen LogP contribution in [-0.2, 0) is 4.79 Å². The van der Waals surface area contributed by atoms with Gasteiger partial charge in [0.2, 0.25) is 5.91 Å². The lowest BCUT2D eigenvalue weighted by Crippen LogP contribution is -2.34. The van der Waals surface area contributed by atoms with Crippen LogP contribution in [0.15, 0.2) is 24.3 Å². The Morgan fingerprint density at radius 3 is 3.06 bits per heavy atom. The molecule has 1 saturated heterocycles. The Morgan fingerprint density at radius 2 is 2.28 bits per heavy atom. The smallest absolute Gasteiger partial charge is 0.233 e. The Morgan fingerprint density at radius 1 is 1.44 bits per heavy atom. The Labute approximate surface area is 115 Å². The van der Waals surface area contributed by atoms with E-state index in [1.807, 2.05) is 29.2 Å². The van der Waals surface area contributed by atoms with Gasteiger partial charge in [0.05, 0.1) is 0 Å². The van der Waals surface area contributed by atoms with Gasteiger partial charge in [-0.15, -0.1) is 0 Å². The summed E-state index contributed by atoms with van der Waals surface area (Å²) in [6.07, 6.45) is 1.10. The average molecular weight is 310 g/mol. The predicted molar refractivity (Wildman–Crippen MR) is 73.2 cm³/mol. The van der Waals surface area contributed by atoms with Crippen molar-refractivity contribution in [1.29, 1.82) is 0 Å². The van der Waals surface area contributed by atoms with Crippen LogP contribution in [0.3, 0.4) is 0 Å². The number of fused-ring (bicyclic) bond motifs is 1. The molecular formula is C14H16BrNO2. The zero-order valence-corrected chi connectivity index (χ0v) is 11.7. The highest BCUT2D eigenvalue weighted by Gasteiger charge is 2.35. The maximum absolute atomic E-state index is 12.5. The maximum Gasteiger partial charge on any atom is 0.233 e. The Kier molecular flexibility index (Phi) is 3.29. The fourth-order valence-electron chi connectivity index (χ4n) is 2.75. The van der Waals surface area contributed by atoms with Crippen LogP contribution in [0.1, 0.15) is 17.9 Å². The summed E-state index contributed by atoms with van der Waals surface area (Å²) in [6.45, 7) is 2.25. The van der Waals surface area contributed by atoms with Crippen LogP contribution in [0.2, 0.25) is 0 Å². The normalized spacial score (nSPS) is 25.9. The first-order chi connectivity index (χ1) is 8.79. The molecule has 1 aromatic carbocycles. The van der Waals surface area contributed by atoms with Crippen molar-refractivity contribution in [2.24, 2.45) is 5.92 Å². The van der Waals surface area contributed by atoms with Gasteiger partial charge in [0.25, 0.3) is 0 Å². The number of para-hydroxylation sites is 1. The fourth-order valence-corrected chi connectivity index (χ4v) is 3.27. The van der Waals surface area contributed by atoms with Gasteiger partial charge >= 0.3 is 0 Å². The van der Waals surface area contributed by atoms with Crippen molar-refractivity contribution in [2.75, 3.05) is 25.0 Å². The van der Waals surface area contributed by atoms with E-state index in [4.69, 9.17) is 4.74 Å². The number of hydrogen-bond acceptors (Lipinski definition) is 2. The van der Waals surface area contributed by atoms with Gasteiger partial charge in [-0.1, -0.05) is 34.1 Å². The number of carbonyl (C=O) groups excluding carboxylic acids is 1. The zero-order valence-electron chi connectivity index (χ0n) is 10.1. The Balaban J connectivity index is 1.75. The highest BCUT2D eigenvalue weighted by molar-refractivity contribution is 9.09. The van der Waals surface area contributed by atoms with E-state index >= 15 is 0 Å². The maximum atomic E-state index is 12.5. The molecule has 0 aliphatic carbocycles. The van der Waals surface area contributed by atoms with Crippen LogP contribution >= 0.6 is 15.9 Å². The van der Waals surface area contributed by atoms with E-state index in [1.54, 1.807) is 0 Å². The highest BCUT2D eigenvalue weighted by atomic mass is 79.9. The number of alkyl halides is 1. The van der Waals surface area contributed by atoms with Gasteiger partial charge in [-0.3, -0.25) is 4.79 Å². The molecule has 96 valence electrons. The number of benzene rings is 1. The minimum Gasteiger partial charge on any atom is -0.492 e. The summed E-state index contributed by atoms with van der Waals surface area (Å²) in [5.41, 5.74) is 1.05. The number of rotatable bonds is 2. The third-order valence-corrected chi connectivity index (χ3v) is 4.73. The molecule has 0 saturated carbocycles. The van der Waals surface area contributed by atoms with E-state index < -0.39 is 0 Å². The predicted octanol–water partition coefficient (Wildman–Crippen LogP) is 2.41. The van der Waals surface area contributed by atoms with Gasteiger partial charge < -0.3 is 9.64 Å². The highest BCUT2D eigenvalue weighted by Crippen LogP contribution is 2.35. The zero-order chi connectivity index (χ0) is 12.5. The first kappa shape index (κ1) is 12.0. The quantitative estimate of drug-likeness (QED) is 0.785. The van der Waals surface area contributed by atoms with Gasteiger partial charge in [0, 0.05) is 24.0 Å². The molecule has 2 atom stereocenters. The third kappa shape index (κ3) is 2.03. The SMILES string of the molecule is O=C(C1COc2ccccc21)N1CCC(CBr)C1. The number of carbonyl (C=O) groups is 1. The van der Waals surface area contributed by atoms with Gasteiger partial charge in [0.15, 0.2) is 0 Å². The van der Waals surface area contributed by atoms with Gasteiger partial charge in [0.1, 0.15) is 18.3 Å². The lowest BCUT2D eigenvalue weighted by atomic mass is 10.00. The molecule has 4 heteroatoms. The van der Waals surface area contributed by atoms with Gasteiger partial charge in [-0.05, 0) is 18.4 Å². The second kappa shape index (κ2) is 4.92. The number of hydrogen-bond donors (Lipinski definition) is 0. The second-order valence-corrected chi connectivity index (χ2v) is 5.64. The van der Waals surface area contributed by atoms with Crippen LogP contribution in [0.25, 0.3) is 0 Å². The van der Waals surface area contributed by atoms with Crippen LogP contribution in [0.4, 0.5) is 0 Å².